The van der Waals surface area contributed by atoms with Gasteiger partial charge in [-0.25, -0.2) is 4.21 Å². The first-order chi connectivity index (χ1) is 5.91. The third kappa shape index (κ3) is 5.19. The Labute approximate surface area is 84.4 Å². The summed E-state index contributed by atoms with van der Waals surface area (Å²) >= 11 is 0. The highest BCUT2D eigenvalue weighted by atomic mass is 32.2. The highest BCUT2D eigenvalue weighted by Crippen LogP contribution is 2.13. The highest BCUT2D eigenvalue weighted by molar-refractivity contribution is 7.85. The minimum atomic E-state index is -1.09. The standard InChI is InChI=1S/C10H21NOS/c1-6-9(7-2)8-11-13(12)10(3,4)5/h8-9H,6-7H2,1-5H3/b11-8+/t13-/m1/s1. The van der Waals surface area contributed by atoms with Crippen LogP contribution in [0.5, 0.6) is 0 Å². The summed E-state index contributed by atoms with van der Waals surface area (Å²) in [6.45, 7) is 10.1. The molecule has 0 radical (unpaired) electrons. The van der Waals surface area contributed by atoms with Gasteiger partial charge < -0.3 is 0 Å². The van der Waals surface area contributed by atoms with E-state index in [1.54, 1.807) is 0 Å². The molecule has 0 aromatic rings. The quantitative estimate of drug-likeness (QED) is 0.646. The van der Waals surface area contributed by atoms with Crippen LogP contribution >= 0.6 is 0 Å². The Morgan fingerprint density at radius 3 is 2.08 bits per heavy atom. The van der Waals surface area contributed by atoms with Crippen LogP contribution in [-0.2, 0) is 11.0 Å². The maximum atomic E-state index is 11.5. The molecule has 0 aromatic heterocycles. The lowest BCUT2D eigenvalue weighted by Gasteiger charge is -2.13. The van der Waals surface area contributed by atoms with Crippen LogP contribution in [0.4, 0.5) is 0 Å². The minimum absolute atomic E-state index is 0.234. The van der Waals surface area contributed by atoms with Crippen molar-refractivity contribution in [3.8, 4) is 0 Å². The second-order valence-electron chi connectivity index (χ2n) is 4.19. The molecular weight excluding hydrogens is 182 g/mol. The van der Waals surface area contributed by atoms with E-state index in [2.05, 4.69) is 18.2 Å². The van der Waals surface area contributed by atoms with Crippen LogP contribution < -0.4 is 0 Å². The third-order valence-electron chi connectivity index (χ3n) is 1.94. The van der Waals surface area contributed by atoms with Crippen molar-refractivity contribution in [1.82, 2.24) is 0 Å². The predicted octanol–water partition coefficient (Wildman–Crippen LogP) is 2.96. The smallest absolute Gasteiger partial charge is 0.144 e. The van der Waals surface area contributed by atoms with Gasteiger partial charge in [-0.3, -0.25) is 0 Å². The van der Waals surface area contributed by atoms with E-state index >= 15 is 0 Å². The van der Waals surface area contributed by atoms with Crippen LogP contribution in [-0.4, -0.2) is 15.2 Å². The summed E-state index contributed by atoms with van der Waals surface area (Å²) in [5.41, 5.74) is 0. The van der Waals surface area contributed by atoms with Crippen molar-refractivity contribution in [2.75, 3.05) is 0 Å². The molecule has 0 aliphatic rings. The Morgan fingerprint density at radius 2 is 1.77 bits per heavy atom. The average Bonchev–Trinajstić information content (AvgIpc) is 2.04. The first-order valence-corrected chi connectivity index (χ1v) is 5.98. The summed E-state index contributed by atoms with van der Waals surface area (Å²) < 4.78 is 15.4. The maximum absolute atomic E-state index is 11.5. The summed E-state index contributed by atoms with van der Waals surface area (Å²) in [7, 11) is -1.09. The summed E-state index contributed by atoms with van der Waals surface area (Å²) in [4.78, 5) is 0. The van der Waals surface area contributed by atoms with E-state index in [0.717, 1.165) is 12.8 Å². The van der Waals surface area contributed by atoms with Crippen LogP contribution in [0.15, 0.2) is 4.40 Å². The fourth-order valence-electron chi connectivity index (χ4n) is 0.799. The zero-order valence-corrected chi connectivity index (χ0v) is 10.1. The first-order valence-electron chi connectivity index (χ1n) is 4.88. The molecule has 78 valence electrons. The number of hydrogen-bond donors (Lipinski definition) is 0. The van der Waals surface area contributed by atoms with E-state index in [1.165, 1.54) is 0 Å². The first kappa shape index (κ1) is 12.8. The number of nitrogens with zero attached hydrogens (tertiary/aromatic N) is 1. The SMILES string of the molecule is CCC(/C=N/[S@](=O)C(C)(C)C)CC. The largest absolute Gasteiger partial charge is 0.234 e. The van der Waals surface area contributed by atoms with Crippen molar-refractivity contribution in [1.29, 1.82) is 0 Å². The summed E-state index contributed by atoms with van der Waals surface area (Å²) in [6, 6.07) is 0. The average molecular weight is 203 g/mol. The molecule has 0 bridgehead atoms. The molecule has 0 spiro atoms. The van der Waals surface area contributed by atoms with Crippen LogP contribution in [0.2, 0.25) is 0 Å². The summed E-state index contributed by atoms with van der Waals surface area (Å²) in [5.74, 6) is 0.478. The second-order valence-corrected chi connectivity index (χ2v) is 6.13. The maximum Gasteiger partial charge on any atom is 0.144 e. The van der Waals surface area contributed by atoms with E-state index in [4.69, 9.17) is 0 Å². The van der Waals surface area contributed by atoms with Crippen LogP contribution in [0.3, 0.4) is 0 Å². The molecule has 0 aliphatic carbocycles. The van der Waals surface area contributed by atoms with Gasteiger partial charge in [-0.05, 0) is 39.5 Å². The Kier molecular flexibility index (Phi) is 5.45. The second kappa shape index (κ2) is 5.53. The number of hydrogen-bond acceptors (Lipinski definition) is 1. The lowest BCUT2D eigenvalue weighted by molar-refractivity contribution is 0.644. The lowest BCUT2D eigenvalue weighted by atomic mass is 10.1. The molecule has 2 nitrogen and oxygen atoms in total. The third-order valence-corrected chi connectivity index (χ3v) is 3.30. The molecule has 0 aliphatic heterocycles. The van der Waals surface area contributed by atoms with E-state index < -0.39 is 11.0 Å². The molecule has 0 saturated heterocycles. The molecule has 13 heavy (non-hydrogen) atoms. The van der Waals surface area contributed by atoms with Crippen molar-refractivity contribution < 1.29 is 4.21 Å². The monoisotopic (exact) mass is 203 g/mol. The molecule has 0 N–H and O–H groups in total. The molecule has 0 heterocycles. The molecule has 0 fully saturated rings. The van der Waals surface area contributed by atoms with E-state index in [1.807, 2.05) is 27.0 Å². The van der Waals surface area contributed by atoms with Crippen LogP contribution in [0.25, 0.3) is 0 Å². The fourth-order valence-corrected chi connectivity index (χ4v) is 1.40. The van der Waals surface area contributed by atoms with Crippen molar-refractivity contribution in [2.45, 2.75) is 52.2 Å². The molecule has 0 aromatic carbocycles. The number of rotatable bonds is 4. The molecule has 0 rings (SSSR count). The van der Waals surface area contributed by atoms with Gasteiger partial charge in [-0.1, -0.05) is 13.8 Å². The van der Waals surface area contributed by atoms with E-state index in [0.29, 0.717) is 5.92 Å². The van der Waals surface area contributed by atoms with Gasteiger partial charge in [-0.2, -0.15) is 4.40 Å². The molecular formula is C10H21NOS. The van der Waals surface area contributed by atoms with Crippen molar-refractivity contribution in [3.63, 3.8) is 0 Å². The van der Waals surface area contributed by atoms with Gasteiger partial charge in [0.15, 0.2) is 0 Å². The van der Waals surface area contributed by atoms with Gasteiger partial charge in [0, 0.05) is 6.21 Å². The van der Waals surface area contributed by atoms with Gasteiger partial charge in [-0.15, -0.1) is 0 Å². The van der Waals surface area contributed by atoms with Crippen molar-refractivity contribution in [3.05, 3.63) is 0 Å². The minimum Gasteiger partial charge on any atom is -0.234 e. The molecule has 0 saturated carbocycles. The zero-order valence-electron chi connectivity index (χ0n) is 9.33. The van der Waals surface area contributed by atoms with Crippen LogP contribution in [0.1, 0.15) is 47.5 Å². The van der Waals surface area contributed by atoms with Crippen LogP contribution in [0, 0.1) is 5.92 Å². The normalized spacial score (nSPS) is 15.5. The van der Waals surface area contributed by atoms with Crippen molar-refractivity contribution >= 4 is 17.2 Å². The Hall–Kier alpha value is -0.180. The summed E-state index contributed by atoms with van der Waals surface area (Å²) in [5, 5.41) is 0. The van der Waals surface area contributed by atoms with Gasteiger partial charge in [0.25, 0.3) is 0 Å². The highest BCUT2D eigenvalue weighted by Gasteiger charge is 2.18. The molecule has 3 heteroatoms. The van der Waals surface area contributed by atoms with Crippen molar-refractivity contribution in [2.24, 2.45) is 10.3 Å². The van der Waals surface area contributed by atoms with Gasteiger partial charge in [0.2, 0.25) is 0 Å². The Bertz CT molecular complexity index is 190. The molecule has 0 unspecified atom stereocenters. The predicted molar refractivity (Wildman–Crippen MR) is 60.5 cm³/mol. The Morgan fingerprint density at radius 1 is 1.31 bits per heavy atom. The van der Waals surface area contributed by atoms with Gasteiger partial charge >= 0.3 is 0 Å². The van der Waals surface area contributed by atoms with Gasteiger partial charge in [0.1, 0.15) is 11.0 Å². The Balaban J connectivity index is 4.19. The van der Waals surface area contributed by atoms with Gasteiger partial charge in [0.05, 0.1) is 4.75 Å². The van der Waals surface area contributed by atoms with E-state index in [-0.39, 0.29) is 4.75 Å². The molecule has 0 amide bonds. The fraction of sp³-hybridized carbons (Fsp3) is 0.900. The topological polar surface area (TPSA) is 29.4 Å². The summed E-state index contributed by atoms with van der Waals surface area (Å²) in [6.07, 6.45) is 3.99. The van der Waals surface area contributed by atoms with E-state index in [9.17, 15) is 4.21 Å². The molecule has 1 atom stereocenters. The lowest BCUT2D eigenvalue weighted by Crippen LogP contribution is -2.20. The zero-order chi connectivity index (χ0) is 10.5.